The van der Waals surface area contributed by atoms with E-state index in [-0.39, 0.29) is 24.0 Å². The Hall–Kier alpha value is -1.09. The van der Waals surface area contributed by atoms with Crippen molar-refractivity contribution in [1.29, 1.82) is 0 Å². The Balaban J connectivity index is 0.00000392. The van der Waals surface area contributed by atoms with Crippen molar-refractivity contribution in [3.8, 4) is 0 Å². The first kappa shape index (κ1) is 24.9. The molecule has 0 atom stereocenters. The van der Waals surface area contributed by atoms with Crippen LogP contribution in [0.4, 0.5) is 5.82 Å². The summed E-state index contributed by atoms with van der Waals surface area (Å²) in [6.07, 6.45) is 5.45. The third-order valence-corrected chi connectivity index (χ3v) is 4.81. The largest absolute Gasteiger partial charge is 0.381 e. The Morgan fingerprint density at radius 1 is 1.29 bits per heavy atom. The number of ether oxygens (including phenoxy) is 1. The summed E-state index contributed by atoms with van der Waals surface area (Å²) in [7, 11) is 1.79. The fourth-order valence-corrected chi connectivity index (χ4v) is 3.05. The second-order valence-electron chi connectivity index (χ2n) is 7.87. The number of rotatable bonds is 9. The first-order valence-corrected chi connectivity index (χ1v) is 10.3. The average molecular weight is 503 g/mol. The van der Waals surface area contributed by atoms with Crippen LogP contribution in [0.1, 0.15) is 45.6 Å². The van der Waals surface area contributed by atoms with Crippen LogP contribution in [-0.2, 0) is 11.3 Å². The van der Waals surface area contributed by atoms with Crippen molar-refractivity contribution in [3.63, 3.8) is 0 Å². The number of hydrogen-bond acceptors (Lipinski definition) is 4. The summed E-state index contributed by atoms with van der Waals surface area (Å²) in [5, 5.41) is 6.67. The van der Waals surface area contributed by atoms with Crippen LogP contribution < -0.4 is 15.5 Å². The van der Waals surface area contributed by atoms with Gasteiger partial charge in [-0.2, -0.15) is 0 Å². The quantitative estimate of drug-likeness (QED) is 0.233. The highest BCUT2D eigenvalue weighted by molar-refractivity contribution is 14.0. The van der Waals surface area contributed by atoms with E-state index in [1.54, 1.807) is 7.05 Å². The third kappa shape index (κ3) is 9.41. The van der Waals surface area contributed by atoms with Crippen LogP contribution in [0.25, 0.3) is 0 Å². The fourth-order valence-electron chi connectivity index (χ4n) is 3.05. The van der Waals surface area contributed by atoms with Crippen molar-refractivity contribution < 1.29 is 4.74 Å². The summed E-state index contributed by atoms with van der Waals surface area (Å²) in [5.74, 6) is 3.33. The molecule has 0 bridgehead atoms. The third-order valence-electron chi connectivity index (χ3n) is 4.81. The van der Waals surface area contributed by atoms with E-state index in [2.05, 4.69) is 58.4 Å². The van der Waals surface area contributed by atoms with Crippen LogP contribution in [-0.4, -0.2) is 50.8 Å². The number of nitrogens with one attached hydrogen (secondary N) is 2. The van der Waals surface area contributed by atoms with Crippen LogP contribution in [0.2, 0.25) is 0 Å². The van der Waals surface area contributed by atoms with Gasteiger partial charge in [-0.25, -0.2) is 4.98 Å². The lowest BCUT2D eigenvalue weighted by Crippen LogP contribution is -2.37. The first-order chi connectivity index (χ1) is 13.1. The van der Waals surface area contributed by atoms with Crippen LogP contribution in [0, 0.1) is 11.8 Å². The molecule has 0 unspecified atom stereocenters. The zero-order valence-corrected chi connectivity index (χ0v) is 20.2. The molecular formula is C21H38IN5O. The molecule has 0 amide bonds. The van der Waals surface area contributed by atoms with E-state index in [0.29, 0.717) is 12.5 Å². The Labute approximate surface area is 187 Å². The van der Waals surface area contributed by atoms with Gasteiger partial charge in [-0.1, -0.05) is 26.8 Å². The molecule has 1 aliphatic rings. The van der Waals surface area contributed by atoms with Gasteiger partial charge in [0.25, 0.3) is 0 Å². The molecule has 2 N–H and O–H groups in total. The molecule has 1 aliphatic heterocycles. The SMILES string of the molecule is CN=C(NCCCOCC(C)C)NCc1ccc(N2CCC(C)CC2)nc1.I. The monoisotopic (exact) mass is 503 g/mol. The number of halogens is 1. The Kier molecular flexibility index (Phi) is 12.5. The maximum atomic E-state index is 5.59. The van der Waals surface area contributed by atoms with E-state index in [1.807, 2.05) is 6.20 Å². The number of aromatic nitrogens is 1. The Bertz CT molecular complexity index is 556. The van der Waals surface area contributed by atoms with Crippen molar-refractivity contribution in [3.05, 3.63) is 23.9 Å². The van der Waals surface area contributed by atoms with Crippen LogP contribution in [0.5, 0.6) is 0 Å². The Morgan fingerprint density at radius 3 is 2.64 bits per heavy atom. The topological polar surface area (TPSA) is 61.8 Å². The second kappa shape index (κ2) is 14.0. The van der Waals surface area contributed by atoms with Gasteiger partial charge in [-0.05, 0) is 42.7 Å². The van der Waals surface area contributed by atoms with E-state index in [4.69, 9.17) is 4.74 Å². The van der Waals surface area contributed by atoms with Gasteiger partial charge in [0, 0.05) is 52.6 Å². The second-order valence-corrected chi connectivity index (χ2v) is 7.87. The van der Waals surface area contributed by atoms with Crippen molar-refractivity contribution in [2.24, 2.45) is 16.8 Å². The molecule has 1 saturated heterocycles. The van der Waals surface area contributed by atoms with Gasteiger partial charge in [-0.15, -0.1) is 24.0 Å². The molecule has 6 nitrogen and oxygen atoms in total. The number of hydrogen-bond donors (Lipinski definition) is 2. The van der Waals surface area contributed by atoms with E-state index in [0.717, 1.165) is 62.5 Å². The van der Waals surface area contributed by atoms with Crippen LogP contribution in [0.15, 0.2) is 23.3 Å². The number of aliphatic imine (C=N–C) groups is 1. The zero-order chi connectivity index (χ0) is 19.5. The number of anilines is 1. The first-order valence-electron chi connectivity index (χ1n) is 10.3. The summed E-state index contributed by atoms with van der Waals surface area (Å²) >= 11 is 0. The van der Waals surface area contributed by atoms with E-state index < -0.39 is 0 Å². The maximum absolute atomic E-state index is 5.59. The molecule has 0 saturated carbocycles. The highest BCUT2D eigenvalue weighted by Gasteiger charge is 2.16. The molecule has 160 valence electrons. The number of guanidine groups is 1. The highest BCUT2D eigenvalue weighted by atomic mass is 127. The van der Waals surface area contributed by atoms with Crippen molar-refractivity contribution in [2.75, 3.05) is 44.8 Å². The predicted octanol–water partition coefficient (Wildman–Crippen LogP) is 3.66. The molecule has 1 aromatic heterocycles. The van der Waals surface area contributed by atoms with Crippen LogP contribution >= 0.6 is 24.0 Å². The predicted molar refractivity (Wildman–Crippen MR) is 129 cm³/mol. The standard InChI is InChI=1S/C21H37N5O.HI/c1-17(2)16-27-13-5-10-23-21(22-4)25-15-19-6-7-20(24-14-19)26-11-8-18(3)9-12-26;/h6-7,14,17-18H,5,8-13,15-16H2,1-4H3,(H2,22,23,25);1H. The lowest BCUT2D eigenvalue weighted by atomic mass is 9.99. The lowest BCUT2D eigenvalue weighted by Gasteiger charge is -2.31. The summed E-state index contributed by atoms with van der Waals surface area (Å²) in [5.41, 5.74) is 1.16. The molecule has 1 fully saturated rings. The van der Waals surface area contributed by atoms with Gasteiger partial charge < -0.3 is 20.3 Å². The van der Waals surface area contributed by atoms with E-state index in [9.17, 15) is 0 Å². The molecular weight excluding hydrogens is 465 g/mol. The lowest BCUT2D eigenvalue weighted by molar-refractivity contribution is 0.108. The van der Waals surface area contributed by atoms with Crippen molar-refractivity contribution >= 4 is 35.8 Å². The molecule has 0 aliphatic carbocycles. The summed E-state index contributed by atoms with van der Waals surface area (Å²) in [6, 6.07) is 4.29. The van der Waals surface area contributed by atoms with Crippen molar-refractivity contribution in [1.82, 2.24) is 15.6 Å². The van der Waals surface area contributed by atoms with Gasteiger partial charge in [-0.3, -0.25) is 4.99 Å². The van der Waals surface area contributed by atoms with Gasteiger partial charge in [0.2, 0.25) is 0 Å². The summed E-state index contributed by atoms with van der Waals surface area (Å²) in [4.78, 5) is 11.3. The van der Waals surface area contributed by atoms with Crippen molar-refractivity contribution in [2.45, 2.75) is 46.6 Å². The molecule has 7 heteroatoms. The Morgan fingerprint density at radius 2 is 2.04 bits per heavy atom. The minimum atomic E-state index is 0. The number of pyridine rings is 1. The van der Waals surface area contributed by atoms with E-state index in [1.165, 1.54) is 12.8 Å². The molecule has 1 aromatic rings. The molecule has 2 rings (SSSR count). The van der Waals surface area contributed by atoms with Gasteiger partial charge >= 0.3 is 0 Å². The fraction of sp³-hybridized carbons (Fsp3) is 0.714. The number of piperidine rings is 1. The average Bonchev–Trinajstić information content (AvgIpc) is 2.67. The van der Waals surface area contributed by atoms with Gasteiger partial charge in [0.15, 0.2) is 5.96 Å². The smallest absolute Gasteiger partial charge is 0.191 e. The molecule has 0 spiro atoms. The minimum absolute atomic E-state index is 0. The molecule has 0 radical (unpaired) electrons. The normalized spacial score (nSPS) is 15.5. The highest BCUT2D eigenvalue weighted by Crippen LogP contribution is 2.21. The minimum Gasteiger partial charge on any atom is -0.381 e. The van der Waals surface area contributed by atoms with Gasteiger partial charge in [0.1, 0.15) is 5.82 Å². The molecule has 2 heterocycles. The summed E-state index contributed by atoms with van der Waals surface area (Å²) < 4.78 is 5.59. The number of nitrogens with zero attached hydrogens (tertiary/aromatic N) is 3. The molecule has 0 aromatic carbocycles. The zero-order valence-electron chi connectivity index (χ0n) is 17.9. The van der Waals surface area contributed by atoms with Gasteiger partial charge in [0.05, 0.1) is 0 Å². The van der Waals surface area contributed by atoms with Crippen LogP contribution in [0.3, 0.4) is 0 Å². The summed E-state index contributed by atoms with van der Waals surface area (Å²) in [6.45, 7) is 12.1. The molecule has 28 heavy (non-hydrogen) atoms. The van der Waals surface area contributed by atoms with E-state index >= 15 is 0 Å². The maximum Gasteiger partial charge on any atom is 0.191 e.